The highest BCUT2D eigenvalue weighted by Crippen LogP contribution is 2.26. The van der Waals surface area contributed by atoms with Crippen molar-refractivity contribution in [3.63, 3.8) is 0 Å². The molecule has 2 fully saturated rings. The second-order valence-corrected chi connectivity index (χ2v) is 6.16. The van der Waals surface area contributed by atoms with Gasteiger partial charge in [-0.3, -0.25) is 9.78 Å². The summed E-state index contributed by atoms with van der Waals surface area (Å²) in [6.45, 7) is 4.86. The third kappa shape index (κ3) is 3.74. The Morgan fingerprint density at radius 2 is 2.14 bits per heavy atom. The monoisotopic (exact) mass is 304 g/mol. The molecule has 1 amide bonds. The number of piperidine rings is 1. The highest BCUT2D eigenvalue weighted by molar-refractivity contribution is 5.73. The van der Waals surface area contributed by atoms with E-state index in [1.54, 1.807) is 13.1 Å². The van der Waals surface area contributed by atoms with Crippen LogP contribution in [-0.2, 0) is 9.53 Å². The summed E-state index contributed by atoms with van der Waals surface area (Å²) in [6.07, 6.45) is 7.73. The van der Waals surface area contributed by atoms with Gasteiger partial charge in [0.05, 0.1) is 11.9 Å². The number of carbonyl (C=O) groups is 1. The molecule has 1 aromatic heterocycles. The number of rotatable bonds is 3. The number of ether oxygens (including phenoxy) is 1. The summed E-state index contributed by atoms with van der Waals surface area (Å²) in [7, 11) is 0. The molecule has 120 valence electrons. The average Bonchev–Trinajstić information content (AvgIpc) is 2.56. The van der Waals surface area contributed by atoms with Crippen molar-refractivity contribution < 1.29 is 9.53 Å². The molecule has 6 nitrogen and oxygen atoms in total. The van der Waals surface area contributed by atoms with Crippen LogP contribution in [0.3, 0.4) is 0 Å². The Morgan fingerprint density at radius 1 is 1.32 bits per heavy atom. The molecule has 1 atom stereocenters. The van der Waals surface area contributed by atoms with E-state index in [-0.39, 0.29) is 5.91 Å². The quantitative estimate of drug-likeness (QED) is 0.922. The Kier molecular flexibility index (Phi) is 4.87. The van der Waals surface area contributed by atoms with Crippen molar-refractivity contribution in [2.24, 2.45) is 0 Å². The van der Waals surface area contributed by atoms with Crippen molar-refractivity contribution >= 4 is 11.7 Å². The fraction of sp³-hybridized carbons (Fsp3) is 0.688. The second kappa shape index (κ2) is 7.05. The van der Waals surface area contributed by atoms with E-state index in [9.17, 15) is 4.79 Å². The molecule has 1 aromatic rings. The zero-order chi connectivity index (χ0) is 15.4. The molecule has 0 spiro atoms. The number of amides is 1. The lowest BCUT2D eigenvalue weighted by Crippen LogP contribution is -2.38. The van der Waals surface area contributed by atoms with E-state index in [2.05, 4.69) is 10.3 Å². The number of carbonyl (C=O) groups excluding carboxylic acids is 1. The van der Waals surface area contributed by atoms with Crippen LogP contribution in [0.15, 0.2) is 12.4 Å². The van der Waals surface area contributed by atoms with Gasteiger partial charge in [-0.15, -0.1) is 0 Å². The molecule has 0 saturated carbocycles. The van der Waals surface area contributed by atoms with Crippen molar-refractivity contribution in [3.8, 4) is 0 Å². The number of hydrogen-bond acceptors (Lipinski definition) is 5. The highest BCUT2D eigenvalue weighted by Gasteiger charge is 2.24. The average molecular weight is 304 g/mol. The van der Waals surface area contributed by atoms with Crippen LogP contribution in [-0.4, -0.2) is 53.1 Å². The van der Waals surface area contributed by atoms with Crippen LogP contribution in [0.4, 0.5) is 5.82 Å². The van der Waals surface area contributed by atoms with Crippen molar-refractivity contribution in [1.82, 2.24) is 14.9 Å². The Bertz CT molecular complexity index is 517. The van der Waals surface area contributed by atoms with Gasteiger partial charge in [-0.2, -0.15) is 0 Å². The predicted octanol–water partition coefficient (Wildman–Crippen LogP) is 1.79. The molecule has 0 unspecified atom stereocenters. The van der Waals surface area contributed by atoms with E-state index in [0.29, 0.717) is 12.0 Å². The number of anilines is 1. The number of nitrogens with zero attached hydrogens (tertiary/aromatic N) is 3. The normalized spacial score (nSPS) is 23.3. The molecule has 22 heavy (non-hydrogen) atoms. The third-order valence-electron chi connectivity index (χ3n) is 4.51. The zero-order valence-electron chi connectivity index (χ0n) is 13.1. The largest absolute Gasteiger partial charge is 0.381 e. The molecule has 3 heterocycles. The highest BCUT2D eigenvalue weighted by atomic mass is 16.5. The van der Waals surface area contributed by atoms with Crippen molar-refractivity contribution in [3.05, 3.63) is 18.1 Å². The Labute approximate surface area is 131 Å². The molecule has 2 aliphatic rings. The minimum Gasteiger partial charge on any atom is -0.381 e. The van der Waals surface area contributed by atoms with E-state index < -0.39 is 0 Å². The molecule has 2 saturated heterocycles. The van der Waals surface area contributed by atoms with Crippen molar-refractivity contribution in [2.75, 3.05) is 31.6 Å². The van der Waals surface area contributed by atoms with Gasteiger partial charge in [0.2, 0.25) is 5.91 Å². The molecule has 0 bridgehead atoms. The van der Waals surface area contributed by atoms with E-state index in [0.717, 1.165) is 63.5 Å². The third-order valence-corrected chi connectivity index (χ3v) is 4.51. The number of aromatic nitrogens is 2. The van der Waals surface area contributed by atoms with Crippen molar-refractivity contribution in [1.29, 1.82) is 0 Å². The summed E-state index contributed by atoms with van der Waals surface area (Å²) in [4.78, 5) is 22.5. The molecule has 6 heteroatoms. The molecule has 2 aliphatic heterocycles. The minimum atomic E-state index is 0.147. The first-order valence-electron chi connectivity index (χ1n) is 8.14. The summed E-state index contributed by atoms with van der Waals surface area (Å²) in [6, 6.07) is 0.415. The summed E-state index contributed by atoms with van der Waals surface area (Å²) in [5.41, 5.74) is 0.989. The van der Waals surface area contributed by atoms with Gasteiger partial charge in [0, 0.05) is 51.4 Å². The minimum absolute atomic E-state index is 0.147. The van der Waals surface area contributed by atoms with Gasteiger partial charge in [-0.25, -0.2) is 4.98 Å². The van der Waals surface area contributed by atoms with Crippen LogP contribution >= 0.6 is 0 Å². The first-order chi connectivity index (χ1) is 10.7. The van der Waals surface area contributed by atoms with Gasteiger partial charge in [0.15, 0.2) is 0 Å². The van der Waals surface area contributed by atoms with Gasteiger partial charge in [-0.05, 0) is 25.7 Å². The lowest BCUT2D eigenvalue weighted by Gasteiger charge is -2.31. The number of likely N-dealkylation sites (tertiary alicyclic amines) is 1. The molecule has 1 N–H and O–H groups in total. The maximum absolute atomic E-state index is 11.6. The maximum Gasteiger partial charge on any atom is 0.219 e. The number of nitrogens with one attached hydrogen (secondary N) is 1. The molecular formula is C16H24N4O2. The Balaban J connectivity index is 1.66. The van der Waals surface area contributed by atoms with Gasteiger partial charge >= 0.3 is 0 Å². The van der Waals surface area contributed by atoms with E-state index in [1.165, 1.54) is 0 Å². The predicted molar refractivity (Wildman–Crippen MR) is 83.7 cm³/mol. The van der Waals surface area contributed by atoms with E-state index in [1.807, 2.05) is 11.1 Å². The zero-order valence-corrected chi connectivity index (χ0v) is 13.1. The standard InChI is InChI=1S/C16H24N4O2/c1-12(21)20-6-2-3-13(11-20)15-9-17-10-16(19-15)18-14-4-7-22-8-5-14/h9-10,13-14H,2-8,11H2,1H3,(H,18,19)/t13-/m1/s1. The van der Waals surface area contributed by atoms with Gasteiger partial charge in [-0.1, -0.05) is 0 Å². The SMILES string of the molecule is CC(=O)N1CCC[C@@H](c2cncc(NC3CCOCC3)n2)C1. The number of hydrogen-bond donors (Lipinski definition) is 1. The van der Waals surface area contributed by atoms with Gasteiger partial charge in [0.1, 0.15) is 5.82 Å². The Morgan fingerprint density at radius 3 is 2.91 bits per heavy atom. The van der Waals surface area contributed by atoms with E-state index in [4.69, 9.17) is 9.72 Å². The second-order valence-electron chi connectivity index (χ2n) is 6.16. The molecule has 0 aliphatic carbocycles. The topological polar surface area (TPSA) is 67.4 Å². The molecule has 3 rings (SSSR count). The lowest BCUT2D eigenvalue weighted by atomic mass is 9.95. The first-order valence-corrected chi connectivity index (χ1v) is 8.14. The summed E-state index contributed by atoms with van der Waals surface area (Å²) in [5, 5.41) is 3.46. The van der Waals surface area contributed by atoms with Crippen LogP contribution in [0, 0.1) is 0 Å². The van der Waals surface area contributed by atoms with Crippen LogP contribution in [0.1, 0.15) is 44.2 Å². The van der Waals surface area contributed by atoms with Crippen LogP contribution < -0.4 is 5.32 Å². The summed E-state index contributed by atoms with van der Waals surface area (Å²) in [5.74, 6) is 1.28. The van der Waals surface area contributed by atoms with Gasteiger partial charge < -0.3 is 15.0 Å². The maximum atomic E-state index is 11.6. The molecule has 0 aromatic carbocycles. The molecular weight excluding hydrogens is 280 g/mol. The Hall–Kier alpha value is -1.69. The fourth-order valence-electron chi connectivity index (χ4n) is 3.20. The lowest BCUT2D eigenvalue weighted by molar-refractivity contribution is -0.130. The summed E-state index contributed by atoms with van der Waals surface area (Å²) >= 11 is 0. The van der Waals surface area contributed by atoms with Gasteiger partial charge in [0.25, 0.3) is 0 Å². The van der Waals surface area contributed by atoms with Crippen LogP contribution in [0.5, 0.6) is 0 Å². The fourth-order valence-corrected chi connectivity index (χ4v) is 3.20. The molecule has 0 radical (unpaired) electrons. The first kappa shape index (κ1) is 15.2. The summed E-state index contributed by atoms with van der Waals surface area (Å²) < 4.78 is 5.38. The van der Waals surface area contributed by atoms with Crippen LogP contribution in [0.2, 0.25) is 0 Å². The van der Waals surface area contributed by atoms with E-state index >= 15 is 0 Å². The van der Waals surface area contributed by atoms with Crippen LogP contribution in [0.25, 0.3) is 0 Å². The smallest absolute Gasteiger partial charge is 0.219 e. The van der Waals surface area contributed by atoms with Crippen molar-refractivity contribution in [2.45, 2.75) is 44.6 Å².